The van der Waals surface area contributed by atoms with Crippen molar-refractivity contribution in [3.63, 3.8) is 0 Å². The molecule has 2 aliphatic rings. The first kappa shape index (κ1) is 16.8. The molecule has 0 aromatic heterocycles. The van der Waals surface area contributed by atoms with E-state index in [2.05, 4.69) is 0 Å². The Labute approximate surface area is 141 Å². The number of carbonyl (C=O) groups is 2. The zero-order valence-electron chi connectivity index (χ0n) is 13.7. The Morgan fingerprint density at radius 3 is 2.12 bits per heavy atom. The second kappa shape index (κ2) is 7.21. The summed E-state index contributed by atoms with van der Waals surface area (Å²) in [5.74, 6) is -0.514. The number of phenols is 1. The Morgan fingerprint density at radius 2 is 1.58 bits per heavy atom. The van der Waals surface area contributed by atoms with E-state index in [0.717, 1.165) is 25.9 Å². The number of carbonyl (C=O) groups excluding carboxylic acids is 1. The number of carboxylic acids is 1. The number of phenolic OH excluding ortho intramolecular Hbond substituents is 1. The summed E-state index contributed by atoms with van der Waals surface area (Å²) in [5, 5.41) is 19.0. The van der Waals surface area contributed by atoms with Gasteiger partial charge in [-0.2, -0.15) is 0 Å². The zero-order chi connectivity index (χ0) is 17.1. The summed E-state index contributed by atoms with van der Waals surface area (Å²) in [7, 11) is 0. The molecule has 0 spiro atoms. The molecule has 0 bridgehead atoms. The van der Waals surface area contributed by atoms with Gasteiger partial charge in [0, 0.05) is 32.1 Å². The smallest absolute Gasteiger partial charge is 0.325 e. The van der Waals surface area contributed by atoms with Gasteiger partial charge in [0.25, 0.3) is 0 Å². The fraction of sp³-hybridized carbons (Fsp3) is 0.556. The third-order valence-corrected chi connectivity index (χ3v) is 5.10. The molecule has 1 atom stereocenters. The summed E-state index contributed by atoms with van der Waals surface area (Å²) in [6.07, 6.45) is 3.59. The lowest BCUT2D eigenvalue weighted by molar-refractivity contribution is -0.144. The topological polar surface area (TPSA) is 81.1 Å². The van der Waals surface area contributed by atoms with E-state index in [1.165, 1.54) is 12.1 Å². The molecule has 6 heteroatoms. The van der Waals surface area contributed by atoms with E-state index in [9.17, 15) is 19.8 Å². The number of amides is 1. The maximum Gasteiger partial charge on any atom is 0.325 e. The number of nitrogens with zero attached hydrogens (tertiary/aromatic N) is 2. The van der Waals surface area contributed by atoms with Crippen LogP contribution < -0.4 is 0 Å². The molecular formula is C18H24N2O4. The van der Waals surface area contributed by atoms with Crippen molar-refractivity contribution in [1.29, 1.82) is 0 Å². The van der Waals surface area contributed by atoms with Crippen molar-refractivity contribution in [2.75, 3.05) is 26.2 Å². The van der Waals surface area contributed by atoms with E-state index in [1.807, 2.05) is 9.80 Å². The van der Waals surface area contributed by atoms with Crippen molar-refractivity contribution in [3.05, 3.63) is 29.8 Å². The molecular weight excluding hydrogens is 308 g/mol. The van der Waals surface area contributed by atoms with Gasteiger partial charge >= 0.3 is 5.97 Å². The molecule has 1 aromatic rings. The molecule has 0 radical (unpaired) electrons. The van der Waals surface area contributed by atoms with Crippen molar-refractivity contribution in [1.82, 2.24) is 9.80 Å². The number of aliphatic carboxylic acids is 1. The molecule has 3 rings (SSSR count). The molecule has 2 N–H and O–H groups in total. The van der Waals surface area contributed by atoms with Gasteiger partial charge in [0.15, 0.2) is 0 Å². The minimum Gasteiger partial charge on any atom is -0.508 e. The quantitative estimate of drug-likeness (QED) is 0.879. The number of benzene rings is 1. The predicted molar refractivity (Wildman–Crippen MR) is 88.6 cm³/mol. The van der Waals surface area contributed by atoms with Crippen LogP contribution in [0.5, 0.6) is 5.75 Å². The van der Waals surface area contributed by atoms with E-state index in [1.54, 1.807) is 12.1 Å². The molecule has 1 aromatic carbocycles. The number of hydrogen-bond donors (Lipinski definition) is 2. The highest BCUT2D eigenvalue weighted by Crippen LogP contribution is 2.29. The zero-order valence-corrected chi connectivity index (χ0v) is 13.7. The molecule has 2 saturated heterocycles. The van der Waals surface area contributed by atoms with Crippen molar-refractivity contribution in [2.24, 2.45) is 5.92 Å². The molecule has 2 aliphatic heterocycles. The van der Waals surface area contributed by atoms with Gasteiger partial charge in [-0.3, -0.25) is 14.5 Å². The molecule has 24 heavy (non-hydrogen) atoms. The molecule has 0 aliphatic carbocycles. The average molecular weight is 332 g/mol. The lowest BCUT2D eigenvalue weighted by atomic mass is 9.93. The molecule has 0 unspecified atom stereocenters. The summed E-state index contributed by atoms with van der Waals surface area (Å²) in [6, 6.07) is 5.59. The summed E-state index contributed by atoms with van der Waals surface area (Å²) >= 11 is 0. The van der Waals surface area contributed by atoms with Crippen LogP contribution in [0.4, 0.5) is 0 Å². The minimum absolute atomic E-state index is 0.0219. The van der Waals surface area contributed by atoms with E-state index in [4.69, 9.17) is 0 Å². The maximum atomic E-state index is 12.5. The monoisotopic (exact) mass is 332 g/mol. The van der Waals surface area contributed by atoms with Gasteiger partial charge in [-0.05, 0) is 43.4 Å². The third-order valence-electron chi connectivity index (χ3n) is 5.10. The van der Waals surface area contributed by atoms with Gasteiger partial charge in [0.2, 0.25) is 5.91 Å². The third kappa shape index (κ3) is 3.53. The largest absolute Gasteiger partial charge is 0.508 e. The predicted octanol–water partition coefficient (Wildman–Crippen LogP) is 1.85. The van der Waals surface area contributed by atoms with E-state index in [0.29, 0.717) is 31.5 Å². The van der Waals surface area contributed by atoms with E-state index < -0.39 is 12.0 Å². The standard InChI is InChI=1S/C18H24N2O4/c21-15-5-3-13(4-6-15)16(18(23)24)19-11-7-14(8-12-19)17(22)20-9-1-2-10-20/h3-6,14,16,21H,1-2,7-12H2,(H,23,24)/t16-/m0/s1. The first-order valence-electron chi connectivity index (χ1n) is 8.61. The Morgan fingerprint density at radius 1 is 1.00 bits per heavy atom. The lowest BCUT2D eigenvalue weighted by Gasteiger charge is -2.36. The Bertz CT molecular complexity index is 588. The molecule has 6 nitrogen and oxygen atoms in total. The Kier molecular flexibility index (Phi) is 5.04. The number of aromatic hydroxyl groups is 1. The number of rotatable bonds is 4. The number of carboxylic acid groups (broad SMARTS) is 1. The van der Waals surface area contributed by atoms with Gasteiger partial charge < -0.3 is 15.1 Å². The van der Waals surface area contributed by atoms with Gasteiger partial charge in [0.1, 0.15) is 11.8 Å². The van der Waals surface area contributed by atoms with Crippen LogP contribution in [-0.2, 0) is 9.59 Å². The number of hydrogen-bond acceptors (Lipinski definition) is 4. The Hall–Kier alpha value is -2.08. The average Bonchev–Trinajstić information content (AvgIpc) is 3.11. The summed E-state index contributed by atoms with van der Waals surface area (Å²) in [6.45, 7) is 2.93. The highest BCUT2D eigenvalue weighted by atomic mass is 16.4. The normalized spacial score (nSPS) is 20.9. The van der Waals surface area contributed by atoms with Gasteiger partial charge in [-0.1, -0.05) is 12.1 Å². The van der Waals surface area contributed by atoms with Gasteiger partial charge in [0.05, 0.1) is 0 Å². The van der Waals surface area contributed by atoms with Crippen LogP contribution in [0.15, 0.2) is 24.3 Å². The van der Waals surface area contributed by atoms with Crippen LogP contribution in [0.3, 0.4) is 0 Å². The van der Waals surface area contributed by atoms with Crippen molar-refractivity contribution in [2.45, 2.75) is 31.7 Å². The number of piperidine rings is 1. The first-order chi connectivity index (χ1) is 11.6. The Balaban J connectivity index is 1.64. The fourth-order valence-electron chi connectivity index (χ4n) is 3.77. The van der Waals surface area contributed by atoms with Crippen LogP contribution in [0.2, 0.25) is 0 Å². The van der Waals surface area contributed by atoms with Crippen LogP contribution in [-0.4, -0.2) is 58.1 Å². The van der Waals surface area contributed by atoms with Crippen LogP contribution in [0.25, 0.3) is 0 Å². The molecule has 2 heterocycles. The van der Waals surface area contributed by atoms with E-state index >= 15 is 0 Å². The van der Waals surface area contributed by atoms with Gasteiger partial charge in [-0.15, -0.1) is 0 Å². The van der Waals surface area contributed by atoms with Gasteiger partial charge in [-0.25, -0.2) is 0 Å². The number of likely N-dealkylation sites (tertiary alicyclic amines) is 2. The van der Waals surface area contributed by atoms with Crippen LogP contribution in [0, 0.1) is 5.92 Å². The molecule has 0 saturated carbocycles. The highest BCUT2D eigenvalue weighted by molar-refractivity contribution is 5.79. The highest BCUT2D eigenvalue weighted by Gasteiger charge is 2.34. The maximum absolute atomic E-state index is 12.5. The second-order valence-corrected chi connectivity index (χ2v) is 6.67. The molecule has 130 valence electrons. The summed E-state index contributed by atoms with van der Waals surface area (Å²) in [5.41, 5.74) is 0.657. The van der Waals surface area contributed by atoms with Crippen molar-refractivity contribution < 1.29 is 19.8 Å². The second-order valence-electron chi connectivity index (χ2n) is 6.67. The van der Waals surface area contributed by atoms with Crippen LogP contribution in [0.1, 0.15) is 37.3 Å². The van der Waals surface area contributed by atoms with Crippen molar-refractivity contribution in [3.8, 4) is 5.75 Å². The van der Waals surface area contributed by atoms with Crippen molar-refractivity contribution >= 4 is 11.9 Å². The fourth-order valence-corrected chi connectivity index (χ4v) is 3.77. The minimum atomic E-state index is -0.898. The molecule has 1 amide bonds. The first-order valence-corrected chi connectivity index (χ1v) is 8.61. The van der Waals surface area contributed by atoms with E-state index in [-0.39, 0.29) is 17.6 Å². The summed E-state index contributed by atoms with van der Waals surface area (Å²) in [4.78, 5) is 28.1. The lowest BCUT2D eigenvalue weighted by Crippen LogP contribution is -2.44. The van der Waals surface area contributed by atoms with Crippen LogP contribution >= 0.6 is 0 Å². The molecule has 2 fully saturated rings. The summed E-state index contributed by atoms with van der Waals surface area (Å²) < 4.78 is 0. The SMILES string of the molecule is O=C(O)[C@H](c1ccc(O)cc1)N1CCC(C(=O)N2CCCC2)CC1.